The average Bonchev–Trinajstić information content (AvgIpc) is 2.26. The molecular weight excluding hydrogens is 212 g/mol. The highest BCUT2D eigenvalue weighted by Crippen LogP contribution is 2.18. The lowest BCUT2D eigenvalue weighted by Gasteiger charge is -2.03. The Kier molecular flexibility index (Phi) is 4.08. The van der Waals surface area contributed by atoms with Crippen molar-refractivity contribution >= 4 is 11.9 Å². The molecule has 0 bridgehead atoms. The fourth-order valence-corrected chi connectivity index (χ4v) is 0.954. The van der Waals surface area contributed by atoms with Crippen LogP contribution in [0.3, 0.4) is 0 Å². The molecule has 0 aliphatic rings. The van der Waals surface area contributed by atoms with Gasteiger partial charge in [0.25, 0.3) is 0 Å². The molecule has 1 aromatic rings. The summed E-state index contributed by atoms with van der Waals surface area (Å²) in [6, 6.07) is 6.44. The van der Waals surface area contributed by atoms with Crippen molar-refractivity contribution in [1.29, 1.82) is 0 Å². The highest BCUT2D eigenvalue weighted by atomic mass is 16.5. The first-order valence-corrected chi connectivity index (χ1v) is 4.38. The number of carbonyl (C=O) groups is 2. The molecule has 0 radical (unpaired) electrons. The summed E-state index contributed by atoms with van der Waals surface area (Å²) < 4.78 is 9.77. The van der Waals surface area contributed by atoms with Crippen molar-refractivity contribution < 1.29 is 24.2 Å². The molecule has 0 saturated heterocycles. The van der Waals surface area contributed by atoms with Crippen LogP contribution in [0.25, 0.3) is 0 Å². The molecule has 0 aliphatic carbocycles. The van der Waals surface area contributed by atoms with Crippen LogP contribution in [0.1, 0.15) is 0 Å². The minimum absolute atomic E-state index is 0.291. The van der Waals surface area contributed by atoms with Gasteiger partial charge in [-0.3, -0.25) is 0 Å². The van der Waals surface area contributed by atoms with E-state index in [1.54, 1.807) is 18.2 Å². The summed E-state index contributed by atoms with van der Waals surface area (Å²) in [7, 11) is 1.49. The number of aliphatic carboxylic acids is 1. The molecule has 84 valence electrons. The van der Waals surface area contributed by atoms with Gasteiger partial charge in [0.15, 0.2) is 0 Å². The summed E-state index contributed by atoms with van der Waals surface area (Å²) in [5.74, 6) is -1.12. The van der Waals surface area contributed by atoms with E-state index in [-0.39, 0.29) is 0 Å². The lowest BCUT2D eigenvalue weighted by Crippen LogP contribution is -2.04. The second kappa shape index (κ2) is 5.55. The first-order chi connectivity index (χ1) is 7.61. The third-order valence-electron chi connectivity index (χ3n) is 1.62. The van der Waals surface area contributed by atoms with E-state index in [1.165, 1.54) is 13.2 Å². The number of rotatable bonds is 4. The zero-order chi connectivity index (χ0) is 12.0. The number of hydrogen-bond acceptors (Lipinski definition) is 4. The second-order valence-electron chi connectivity index (χ2n) is 2.77. The Morgan fingerprint density at radius 2 is 1.94 bits per heavy atom. The fourth-order valence-electron chi connectivity index (χ4n) is 0.954. The van der Waals surface area contributed by atoms with E-state index >= 15 is 0 Å². The van der Waals surface area contributed by atoms with Gasteiger partial charge < -0.3 is 14.6 Å². The predicted octanol–water partition coefficient (Wildman–Crippen LogP) is 1.24. The third-order valence-corrected chi connectivity index (χ3v) is 1.62. The molecule has 16 heavy (non-hydrogen) atoms. The first-order valence-electron chi connectivity index (χ1n) is 4.38. The largest absolute Gasteiger partial charge is 0.497 e. The number of carbonyl (C=O) groups excluding carboxylic acids is 1. The van der Waals surface area contributed by atoms with Gasteiger partial charge in [0, 0.05) is 18.2 Å². The van der Waals surface area contributed by atoms with E-state index in [9.17, 15) is 9.59 Å². The lowest BCUT2D eigenvalue weighted by atomic mass is 10.3. The number of esters is 1. The highest BCUT2D eigenvalue weighted by Gasteiger charge is 2.02. The molecule has 5 nitrogen and oxygen atoms in total. The van der Waals surface area contributed by atoms with Crippen LogP contribution in [0.5, 0.6) is 11.5 Å². The fraction of sp³-hybridized carbons (Fsp3) is 0.0909. The zero-order valence-corrected chi connectivity index (χ0v) is 8.54. The van der Waals surface area contributed by atoms with Gasteiger partial charge in [-0.1, -0.05) is 6.07 Å². The maximum absolute atomic E-state index is 11.1. The molecule has 0 spiro atoms. The Morgan fingerprint density at radius 1 is 1.25 bits per heavy atom. The Hall–Kier alpha value is -2.30. The van der Waals surface area contributed by atoms with Gasteiger partial charge in [-0.25, -0.2) is 9.59 Å². The maximum Gasteiger partial charge on any atom is 0.336 e. The number of ether oxygens (including phenoxy) is 2. The smallest absolute Gasteiger partial charge is 0.336 e. The number of carboxylic acids is 1. The van der Waals surface area contributed by atoms with Gasteiger partial charge in [-0.15, -0.1) is 0 Å². The predicted molar refractivity (Wildman–Crippen MR) is 55.4 cm³/mol. The van der Waals surface area contributed by atoms with Gasteiger partial charge in [-0.2, -0.15) is 0 Å². The summed E-state index contributed by atoms with van der Waals surface area (Å²) in [4.78, 5) is 21.2. The highest BCUT2D eigenvalue weighted by molar-refractivity contribution is 5.91. The summed E-state index contributed by atoms with van der Waals surface area (Å²) in [6.07, 6.45) is 1.55. The van der Waals surface area contributed by atoms with Crippen molar-refractivity contribution in [2.75, 3.05) is 7.11 Å². The molecule has 0 saturated carbocycles. The minimum atomic E-state index is -1.21. The molecule has 1 N–H and O–H groups in total. The normalized spacial score (nSPS) is 10.1. The SMILES string of the molecule is COc1cccc(OC(=O)/C=C\C(=O)O)c1. The molecule has 0 aromatic heterocycles. The van der Waals surface area contributed by atoms with Crippen LogP contribution >= 0.6 is 0 Å². The van der Waals surface area contributed by atoms with E-state index < -0.39 is 11.9 Å². The molecule has 0 atom stereocenters. The van der Waals surface area contributed by atoms with E-state index in [4.69, 9.17) is 14.6 Å². The van der Waals surface area contributed by atoms with Crippen LogP contribution in [-0.2, 0) is 9.59 Å². The van der Waals surface area contributed by atoms with Crippen LogP contribution in [0.4, 0.5) is 0 Å². The Bertz CT molecular complexity index is 422. The van der Waals surface area contributed by atoms with Crippen molar-refractivity contribution in [3.05, 3.63) is 36.4 Å². The van der Waals surface area contributed by atoms with Crippen molar-refractivity contribution in [2.24, 2.45) is 0 Å². The van der Waals surface area contributed by atoms with Gasteiger partial charge in [0.05, 0.1) is 7.11 Å². The molecule has 5 heteroatoms. The second-order valence-corrected chi connectivity index (χ2v) is 2.77. The number of carboxylic acid groups (broad SMARTS) is 1. The van der Waals surface area contributed by atoms with E-state index in [0.29, 0.717) is 17.6 Å². The Balaban J connectivity index is 2.65. The van der Waals surface area contributed by atoms with Gasteiger partial charge in [-0.05, 0) is 12.1 Å². The molecule has 0 fully saturated rings. The van der Waals surface area contributed by atoms with Crippen molar-refractivity contribution in [1.82, 2.24) is 0 Å². The summed E-state index contributed by atoms with van der Waals surface area (Å²) in [5.41, 5.74) is 0. The number of methoxy groups -OCH3 is 1. The lowest BCUT2D eigenvalue weighted by molar-refractivity contribution is -0.133. The zero-order valence-electron chi connectivity index (χ0n) is 8.54. The van der Waals surface area contributed by atoms with E-state index in [1.807, 2.05) is 0 Å². The topological polar surface area (TPSA) is 72.8 Å². The van der Waals surface area contributed by atoms with Crippen LogP contribution in [0.2, 0.25) is 0 Å². The standard InChI is InChI=1S/C11H10O5/c1-15-8-3-2-4-9(7-8)16-11(14)6-5-10(12)13/h2-7H,1H3,(H,12,13)/b6-5-. The molecular formula is C11H10O5. The summed E-state index contributed by atoms with van der Waals surface area (Å²) >= 11 is 0. The van der Waals surface area contributed by atoms with Crippen molar-refractivity contribution in [3.8, 4) is 11.5 Å². The van der Waals surface area contributed by atoms with E-state index in [2.05, 4.69) is 0 Å². The molecule has 0 amide bonds. The molecule has 0 aliphatic heterocycles. The number of benzene rings is 1. The Labute approximate surface area is 91.9 Å². The monoisotopic (exact) mass is 222 g/mol. The van der Waals surface area contributed by atoms with Crippen LogP contribution in [0, 0.1) is 0 Å². The van der Waals surface area contributed by atoms with Crippen LogP contribution in [-0.4, -0.2) is 24.2 Å². The van der Waals surface area contributed by atoms with Crippen molar-refractivity contribution in [2.45, 2.75) is 0 Å². The summed E-state index contributed by atoms with van der Waals surface area (Å²) in [5, 5.41) is 8.30. The first kappa shape index (κ1) is 11.8. The maximum atomic E-state index is 11.1. The van der Waals surface area contributed by atoms with E-state index in [0.717, 1.165) is 6.08 Å². The molecule has 1 rings (SSSR count). The minimum Gasteiger partial charge on any atom is -0.497 e. The average molecular weight is 222 g/mol. The van der Waals surface area contributed by atoms with Crippen LogP contribution in [0.15, 0.2) is 36.4 Å². The van der Waals surface area contributed by atoms with Gasteiger partial charge in [0.1, 0.15) is 11.5 Å². The van der Waals surface area contributed by atoms with Crippen molar-refractivity contribution in [3.63, 3.8) is 0 Å². The Morgan fingerprint density at radius 3 is 2.56 bits per heavy atom. The number of hydrogen-bond donors (Lipinski definition) is 1. The van der Waals surface area contributed by atoms with Gasteiger partial charge in [0.2, 0.25) is 0 Å². The third kappa shape index (κ3) is 3.83. The quantitative estimate of drug-likeness (QED) is 0.471. The molecule has 1 aromatic carbocycles. The summed E-state index contributed by atoms with van der Waals surface area (Å²) in [6.45, 7) is 0. The van der Waals surface area contributed by atoms with Crippen LogP contribution < -0.4 is 9.47 Å². The van der Waals surface area contributed by atoms with Gasteiger partial charge >= 0.3 is 11.9 Å². The molecule has 0 unspecified atom stereocenters. The molecule has 0 heterocycles.